The zero-order valence-corrected chi connectivity index (χ0v) is 20.1. The van der Waals surface area contributed by atoms with Crippen LogP contribution in [-0.4, -0.2) is 54.5 Å². The van der Waals surface area contributed by atoms with E-state index in [4.69, 9.17) is 9.47 Å². The Morgan fingerprint density at radius 2 is 1.63 bits per heavy atom. The lowest BCUT2D eigenvalue weighted by Crippen LogP contribution is -2.57. The molecule has 2 amide bonds. The first-order valence-electron chi connectivity index (χ1n) is 12.2. The third-order valence-electron chi connectivity index (χ3n) is 7.30. The Kier molecular flexibility index (Phi) is 7.40. The second-order valence-electron chi connectivity index (χ2n) is 9.13. The highest BCUT2D eigenvalue weighted by Crippen LogP contribution is 2.44. The molecule has 1 aliphatic carbocycles. The molecule has 2 aliphatic rings. The summed E-state index contributed by atoms with van der Waals surface area (Å²) < 4.78 is 11.2. The number of amides is 2. The van der Waals surface area contributed by atoms with Crippen LogP contribution in [0.25, 0.3) is 11.1 Å². The average Bonchev–Trinajstić information content (AvgIpc) is 3.47. The first-order valence-corrected chi connectivity index (χ1v) is 12.2. The lowest BCUT2D eigenvalue weighted by Gasteiger charge is -2.30. The standard InChI is InChI=1S/C27H32N2O6/c1-3-27(4-2,25(31)32)29-24(30)23-17(13-14-34-23)15-28-26(33)35-16-22-20-11-7-5-9-18(20)19-10-6-8-12-21(19)22/h5-12,17,22-23H,3-4,13-16H2,1-2H3,(H,28,33)(H,29,30)(H,31,32). The first kappa shape index (κ1) is 24.7. The predicted octanol–water partition coefficient (Wildman–Crippen LogP) is 3.69. The molecule has 1 aliphatic heterocycles. The Labute approximate surface area is 205 Å². The van der Waals surface area contributed by atoms with Gasteiger partial charge < -0.3 is 25.2 Å². The summed E-state index contributed by atoms with van der Waals surface area (Å²) in [6.07, 6.45) is -0.263. The van der Waals surface area contributed by atoms with E-state index in [-0.39, 0.29) is 37.8 Å². The van der Waals surface area contributed by atoms with E-state index in [0.717, 1.165) is 22.3 Å². The number of carbonyl (C=O) groups is 3. The Morgan fingerprint density at radius 1 is 1.03 bits per heavy atom. The fraction of sp³-hybridized carbons (Fsp3) is 0.444. The molecule has 2 aromatic rings. The number of carboxylic acids is 1. The molecule has 186 valence electrons. The van der Waals surface area contributed by atoms with Gasteiger partial charge in [0.05, 0.1) is 0 Å². The molecule has 2 unspecified atom stereocenters. The number of alkyl carbamates (subject to hydrolysis) is 1. The molecule has 1 saturated heterocycles. The minimum atomic E-state index is -1.33. The topological polar surface area (TPSA) is 114 Å². The molecule has 0 radical (unpaired) electrons. The van der Waals surface area contributed by atoms with E-state index in [1.54, 1.807) is 13.8 Å². The second-order valence-corrected chi connectivity index (χ2v) is 9.13. The molecule has 0 aromatic heterocycles. The van der Waals surface area contributed by atoms with Crippen molar-refractivity contribution in [2.75, 3.05) is 19.8 Å². The molecule has 8 heteroatoms. The van der Waals surface area contributed by atoms with E-state index in [0.29, 0.717) is 13.0 Å². The molecule has 8 nitrogen and oxygen atoms in total. The van der Waals surface area contributed by atoms with Crippen molar-refractivity contribution in [3.05, 3.63) is 59.7 Å². The van der Waals surface area contributed by atoms with E-state index in [1.807, 2.05) is 24.3 Å². The smallest absolute Gasteiger partial charge is 0.407 e. The third-order valence-corrected chi connectivity index (χ3v) is 7.30. The summed E-state index contributed by atoms with van der Waals surface area (Å²) in [6.45, 7) is 4.23. The van der Waals surface area contributed by atoms with Crippen LogP contribution in [0.4, 0.5) is 4.79 Å². The molecule has 35 heavy (non-hydrogen) atoms. The Bertz CT molecular complexity index is 1050. The van der Waals surface area contributed by atoms with Gasteiger partial charge in [-0.1, -0.05) is 62.4 Å². The fourth-order valence-electron chi connectivity index (χ4n) is 5.09. The Balaban J connectivity index is 1.33. The van der Waals surface area contributed by atoms with E-state index < -0.39 is 29.6 Å². The monoisotopic (exact) mass is 480 g/mol. The molecular formula is C27H32N2O6. The highest BCUT2D eigenvalue weighted by Gasteiger charge is 2.42. The van der Waals surface area contributed by atoms with Gasteiger partial charge in [-0.2, -0.15) is 0 Å². The van der Waals surface area contributed by atoms with Gasteiger partial charge in [-0.3, -0.25) is 4.79 Å². The summed E-state index contributed by atoms with van der Waals surface area (Å²) in [4.78, 5) is 37.1. The number of carbonyl (C=O) groups excluding carboxylic acids is 2. The number of aliphatic carboxylic acids is 1. The van der Waals surface area contributed by atoms with Crippen LogP contribution in [0.5, 0.6) is 0 Å². The normalized spacial score (nSPS) is 19.0. The van der Waals surface area contributed by atoms with E-state index >= 15 is 0 Å². The molecule has 0 spiro atoms. The number of ether oxygens (including phenoxy) is 2. The molecular weight excluding hydrogens is 448 g/mol. The van der Waals surface area contributed by atoms with Gasteiger partial charge in [-0.15, -0.1) is 0 Å². The van der Waals surface area contributed by atoms with Crippen LogP contribution in [0.1, 0.15) is 50.2 Å². The van der Waals surface area contributed by atoms with Crippen LogP contribution in [0, 0.1) is 5.92 Å². The third kappa shape index (κ3) is 4.89. The van der Waals surface area contributed by atoms with E-state index in [9.17, 15) is 19.5 Å². The lowest BCUT2D eigenvalue weighted by molar-refractivity contribution is -0.150. The van der Waals surface area contributed by atoms with Crippen molar-refractivity contribution in [1.29, 1.82) is 0 Å². The summed E-state index contributed by atoms with van der Waals surface area (Å²) in [6, 6.07) is 16.3. The summed E-state index contributed by atoms with van der Waals surface area (Å²) in [7, 11) is 0. The van der Waals surface area contributed by atoms with Gasteiger partial charge in [-0.05, 0) is 41.5 Å². The van der Waals surface area contributed by atoms with E-state index in [1.165, 1.54) is 0 Å². The van der Waals surface area contributed by atoms with Crippen LogP contribution in [0.3, 0.4) is 0 Å². The highest BCUT2D eigenvalue weighted by molar-refractivity contribution is 5.89. The molecule has 3 N–H and O–H groups in total. The molecule has 0 bridgehead atoms. The molecule has 2 atom stereocenters. The average molecular weight is 481 g/mol. The zero-order valence-electron chi connectivity index (χ0n) is 20.1. The predicted molar refractivity (Wildman–Crippen MR) is 130 cm³/mol. The van der Waals surface area contributed by atoms with Crippen LogP contribution in [0.15, 0.2) is 48.5 Å². The number of hydrogen-bond donors (Lipinski definition) is 3. The number of hydrogen-bond acceptors (Lipinski definition) is 5. The van der Waals surface area contributed by atoms with Crippen molar-refractivity contribution in [2.24, 2.45) is 5.92 Å². The summed E-state index contributed by atoms with van der Waals surface area (Å²) in [5, 5.41) is 15.0. The maximum Gasteiger partial charge on any atom is 0.407 e. The maximum absolute atomic E-state index is 12.8. The molecule has 2 aromatic carbocycles. The van der Waals surface area contributed by atoms with Gasteiger partial charge in [0.25, 0.3) is 0 Å². The van der Waals surface area contributed by atoms with Gasteiger partial charge in [0.1, 0.15) is 18.2 Å². The highest BCUT2D eigenvalue weighted by atomic mass is 16.5. The summed E-state index contributed by atoms with van der Waals surface area (Å²) in [5.41, 5.74) is 3.26. The second kappa shape index (κ2) is 10.5. The van der Waals surface area contributed by atoms with Gasteiger partial charge in [0, 0.05) is 25.0 Å². The minimum Gasteiger partial charge on any atom is -0.480 e. The Morgan fingerprint density at radius 3 is 2.20 bits per heavy atom. The summed E-state index contributed by atoms with van der Waals surface area (Å²) >= 11 is 0. The number of benzene rings is 2. The number of rotatable bonds is 9. The van der Waals surface area contributed by atoms with Crippen molar-refractivity contribution < 1.29 is 29.0 Å². The van der Waals surface area contributed by atoms with Gasteiger partial charge in [0.2, 0.25) is 5.91 Å². The van der Waals surface area contributed by atoms with Gasteiger partial charge >= 0.3 is 12.1 Å². The van der Waals surface area contributed by atoms with Crippen LogP contribution >= 0.6 is 0 Å². The summed E-state index contributed by atoms with van der Waals surface area (Å²) in [5.74, 6) is -1.83. The number of carboxylic acid groups (broad SMARTS) is 1. The molecule has 1 fully saturated rings. The van der Waals surface area contributed by atoms with Gasteiger partial charge in [0.15, 0.2) is 0 Å². The minimum absolute atomic E-state index is 0.0336. The van der Waals surface area contributed by atoms with E-state index in [2.05, 4.69) is 34.9 Å². The molecule has 0 saturated carbocycles. The largest absolute Gasteiger partial charge is 0.480 e. The molecule has 4 rings (SSSR count). The Hall–Kier alpha value is -3.39. The van der Waals surface area contributed by atoms with Crippen molar-refractivity contribution in [2.45, 2.75) is 50.7 Å². The quantitative estimate of drug-likeness (QED) is 0.504. The van der Waals surface area contributed by atoms with Crippen molar-refractivity contribution >= 4 is 18.0 Å². The molecule has 1 heterocycles. The van der Waals surface area contributed by atoms with Crippen LogP contribution in [0.2, 0.25) is 0 Å². The fourth-order valence-corrected chi connectivity index (χ4v) is 5.09. The van der Waals surface area contributed by atoms with Crippen molar-refractivity contribution in [3.63, 3.8) is 0 Å². The lowest BCUT2D eigenvalue weighted by atomic mass is 9.91. The van der Waals surface area contributed by atoms with Crippen LogP contribution in [-0.2, 0) is 19.1 Å². The zero-order chi connectivity index (χ0) is 25.0. The number of fused-ring (bicyclic) bond motifs is 3. The first-order chi connectivity index (χ1) is 16.9. The number of nitrogens with one attached hydrogen (secondary N) is 2. The van der Waals surface area contributed by atoms with Crippen LogP contribution < -0.4 is 10.6 Å². The van der Waals surface area contributed by atoms with Crippen molar-refractivity contribution in [3.8, 4) is 11.1 Å². The van der Waals surface area contributed by atoms with Gasteiger partial charge in [-0.25, -0.2) is 9.59 Å². The SMILES string of the molecule is CCC(CC)(NC(=O)C1OCCC1CNC(=O)OCC1c2ccccc2-c2ccccc21)C(=O)O. The maximum atomic E-state index is 12.8. The van der Waals surface area contributed by atoms with Crippen molar-refractivity contribution in [1.82, 2.24) is 10.6 Å².